The van der Waals surface area contributed by atoms with Crippen LogP contribution >= 0.6 is 0 Å². The number of ether oxygens (including phenoxy) is 5. The van der Waals surface area contributed by atoms with Gasteiger partial charge in [0.2, 0.25) is 0 Å². The van der Waals surface area contributed by atoms with Gasteiger partial charge in [0.05, 0.1) is 24.2 Å². The zero-order chi connectivity index (χ0) is 23.8. The summed E-state index contributed by atoms with van der Waals surface area (Å²) in [6.07, 6.45) is 0.190. The maximum Gasteiger partial charge on any atom is 0.337 e. The zero-order valence-electron chi connectivity index (χ0n) is 18.8. The van der Waals surface area contributed by atoms with Gasteiger partial charge < -0.3 is 23.7 Å². The van der Waals surface area contributed by atoms with E-state index in [0.717, 1.165) is 0 Å². The molecule has 2 fully saturated rings. The third kappa shape index (κ3) is 4.34. The van der Waals surface area contributed by atoms with Gasteiger partial charge in [-0.2, -0.15) is 0 Å². The van der Waals surface area contributed by atoms with Crippen LogP contribution in [0, 0.1) is 5.92 Å². The van der Waals surface area contributed by atoms with E-state index < -0.39 is 59.8 Å². The molecular formula is C23H28O9. The molecular weight excluding hydrogens is 420 g/mol. The van der Waals surface area contributed by atoms with Crippen LogP contribution in [0.3, 0.4) is 0 Å². The highest BCUT2D eigenvalue weighted by atomic mass is 16.7. The monoisotopic (exact) mass is 448 g/mol. The minimum Gasteiger partial charge on any atom is -0.466 e. The quantitative estimate of drug-likeness (QED) is 0.275. The van der Waals surface area contributed by atoms with E-state index in [0.29, 0.717) is 18.4 Å². The predicted octanol–water partition coefficient (Wildman–Crippen LogP) is 1.94. The van der Waals surface area contributed by atoms with Crippen molar-refractivity contribution in [3.8, 4) is 0 Å². The van der Waals surface area contributed by atoms with Crippen molar-refractivity contribution in [3.05, 3.63) is 35.5 Å². The predicted molar refractivity (Wildman–Crippen MR) is 110 cm³/mol. The molecule has 0 aromatic carbocycles. The van der Waals surface area contributed by atoms with Crippen molar-refractivity contribution in [3.63, 3.8) is 0 Å². The molecule has 2 heterocycles. The number of methoxy groups -OCH3 is 1. The Morgan fingerprint density at radius 1 is 1.25 bits per heavy atom. The van der Waals surface area contributed by atoms with Crippen molar-refractivity contribution < 1.29 is 42.9 Å². The molecule has 0 radical (unpaired) electrons. The Morgan fingerprint density at radius 3 is 2.53 bits per heavy atom. The molecule has 0 saturated carbocycles. The molecule has 9 nitrogen and oxygen atoms in total. The standard InChI is InChI=1S/C23H28O9/c1-7-11(2)20(25)30-17-15-12(3)21(26)31-18(15)19-23(5,32-19)10-8-9-14(22(27)28-6)16(17)29-13(4)24/h7,9,15-19H,3,8,10H2,1-2,4-6H3/b11-7-,14-9+/t15-,16+,17-,18-,19+,23+/m1/s1. The molecule has 2 saturated heterocycles. The topological polar surface area (TPSA) is 118 Å². The highest BCUT2D eigenvalue weighted by Crippen LogP contribution is 2.50. The molecule has 6 atom stereocenters. The number of fused-ring (bicyclic) bond motifs is 3. The SMILES string of the molecule is C=C1C(=O)O[C@@H]2[C@H]1[C@@H](OC(=O)/C(C)=C\C)[C@@H](OC(C)=O)/C(C(=O)OC)=C\CC[C@]1(C)O[C@@H]21. The van der Waals surface area contributed by atoms with Crippen LogP contribution < -0.4 is 0 Å². The second-order valence-electron chi connectivity index (χ2n) is 8.33. The summed E-state index contributed by atoms with van der Waals surface area (Å²) >= 11 is 0. The van der Waals surface area contributed by atoms with Crippen LogP contribution in [-0.4, -0.2) is 61.0 Å². The fraction of sp³-hybridized carbons (Fsp3) is 0.565. The minimum absolute atomic E-state index is 0.00669. The Balaban J connectivity index is 2.17. The van der Waals surface area contributed by atoms with Crippen LogP contribution in [-0.2, 0) is 42.9 Å². The number of carbonyl (C=O) groups is 4. The molecule has 0 spiro atoms. The summed E-state index contributed by atoms with van der Waals surface area (Å²) in [5.74, 6) is -3.71. The number of carbonyl (C=O) groups excluding carboxylic acids is 4. The molecule has 0 bridgehead atoms. The summed E-state index contributed by atoms with van der Waals surface area (Å²) < 4.78 is 27.6. The van der Waals surface area contributed by atoms with E-state index in [2.05, 4.69) is 6.58 Å². The van der Waals surface area contributed by atoms with Crippen molar-refractivity contribution in [2.45, 2.75) is 70.6 Å². The third-order valence-electron chi connectivity index (χ3n) is 6.18. The first-order valence-corrected chi connectivity index (χ1v) is 10.4. The normalized spacial score (nSPS) is 36.0. The van der Waals surface area contributed by atoms with Gasteiger partial charge in [-0.15, -0.1) is 0 Å². The molecule has 9 heteroatoms. The first kappa shape index (κ1) is 23.7. The molecule has 0 unspecified atom stereocenters. The Hall–Kier alpha value is -2.94. The Morgan fingerprint density at radius 2 is 1.94 bits per heavy atom. The molecule has 0 N–H and O–H groups in total. The van der Waals surface area contributed by atoms with Gasteiger partial charge in [-0.05, 0) is 33.6 Å². The second kappa shape index (κ2) is 8.90. The fourth-order valence-electron chi connectivity index (χ4n) is 4.21. The lowest BCUT2D eigenvalue weighted by Gasteiger charge is -2.33. The van der Waals surface area contributed by atoms with Crippen LogP contribution in [0.15, 0.2) is 35.5 Å². The number of allylic oxidation sites excluding steroid dienone is 2. The molecule has 0 aromatic rings. The van der Waals surface area contributed by atoms with E-state index in [-0.39, 0.29) is 11.1 Å². The summed E-state index contributed by atoms with van der Waals surface area (Å²) in [7, 11) is 1.20. The second-order valence-corrected chi connectivity index (χ2v) is 8.33. The van der Waals surface area contributed by atoms with Gasteiger partial charge >= 0.3 is 23.9 Å². The van der Waals surface area contributed by atoms with E-state index in [4.69, 9.17) is 23.7 Å². The summed E-state index contributed by atoms with van der Waals surface area (Å²) in [6.45, 7) is 10.1. The molecule has 0 amide bonds. The van der Waals surface area contributed by atoms with Gasteiger partial charge in [0, 0.05) is 18.1 Å². The van der Waals surface area contributed by atoms with E-state index >= 15 is 0 Å². The van der Waals surface area contributed by atoms with Crippen molar-refractivity contribution >= 4 is 23.9 Å². The Labute approximate surface area is 186 Å². The van der Waals surface area contributed by atoms with Gasteiger partial charge in [-0.25, -0.2) is 14.4 Å². The smallest absolute Gasteiger partial charge is 0.337 e. The molecule has 0 aromatic heterocycles. The van der Waals surface area contributed by atoms with Crippen molar-refractivity contribution in [2.75, 3.05) is 7.11 Å². The van der Waals surface area contributed by atoms with Gasteiger partial charge in [0.15, 0.2) is 12.2 Å². The lowest BCUT2D eigenvalue weighted by atomic mass is 9.80. The number of hydrogen-bond acceptors (Lipinski definition) is 9. The highest BCUT2D eigenvalue weighted by Gasteiger charge is 2.64. The number of rotatable bonds is 4. The minimum atomic E-state index is -1.34. The van der Waals surface area contributed by atoms with E-state index in [9.17, 15) is 19.2 Å². The average Bonchev–Trinajstić information content (AvgIpc) is 3.33. The number of hydrogen-bond donors (Lipinski definition) is 0. The van der Waals surface area contributed by atoms with E-state index in [1.807, 2.05) is 6.92 Å². The van der Waals surface area contributed by atoms with Gasteiger partial charge in [0.1, 0.15) is 12.2 Å². The van der Waals surface area contributed by atoms with Gasteiger partial charge in [-0.3, -0.25) is 4.79 Å². The largest absolute Gasteiger partial charge is 0.466 e. The average molecular weight is 448 g/mol. The van der Waals surface area contributed by atoms with Crippen LogP contribution in [0.4, 0.5) is 0 Å². The summed E-state index contributed by atoms with van der Waals surface area (Å²) in [4.78, 5) is 49.9. The maximum atomic E-state index is 12.8. The Kier molecular flexibility index (Phi) is 6.59. The summed E-state index contributed by atoms with van der Waals surface area (Å²) in [5, 5.41) is 0. The summed E-state index contributed by atoms with van der Waals surface area (Å²) in [5.41, 5.74) is -0.238. The van der Waals surface area contributed by atoms with Gasteiger partial charge in [-0.1, -0.05) is 18.7 Å². The highest BCUT2D eigenvalue weighted by molar-refractivity contribution is 5.93. The lowest BCUT2D eigenvalue weighted by molar-refractivity contribution is -0.168. The van der Waals surface area contributed by atoms with Crippen molar-refractivity contribution in [1.82, 2.24) is 0 Å². The molecule has 3 rings (SSSR count). The molecule has 2 aliphatic heterocycles. The molecule has 3 aliphatic rings. The van der Waals surface area contributed by atoms with Crippen LogP contribution in [0.25, 0.3) is 0 Å². The molecule has 1 aliphatic carbocycles. The van der Waals surface area contributed by atoms with Gasteiger partial charge in [0.25, 0.3) is 0 Å². The number of esters is 4. The lowest BCUT2D eigenvalue weighted by Crippen LogP contribution is -2.48. The number of epoxide rings is 1. The van der Waals surface area contributed by atoms with E-state index in [1.165, 1.54) is 14.0 Å². The van der Waals surface area contributed by atoms with Crippen molar-refractivity contribution in [2.24, 2.45) is 5.92 Å². The fourth-order valence-corrected chi connectivity index (χ4v) is 4.21. The van der Waals surface area contributed by atoms with Crippen molar-refractivity contribution in [1.29, 1.82) is 0 Å². The maximum absolute atomic E-state index is 12.8. The first-order valence-electron chi connectivity index (χ1n) is 10.4. The van der Waals surface area contributed by atoms with Crippen LogP contribution in [0.1, 0.15) is 40.5 Å². The summed E-state index contributed by atoms with van der Waals surface area (Å²) in [6, 6.07) is 0. The third-order valence-corrected chi connectivity index (χ3v) is 6.18. The van der Waals surface area contributed by atoms with Crippen LogP contribution in [0.5, 0.6) is 0 Å². The van der Waals surface area contributed by atoms with Crippen LogP contribution in [0.2, 0.25) is 0 Å². The molecule has 32 heavy (non-hydrogen) atoms. The van der Waals surface area contributed by atoms with E-state index in [1.54, 1.807) is 26.0 Å². The first-order chi connectivity index (χ1) is 15.0. The zero-order valence-corrected chi connectivity index (χ0v) is 18.8. The Bertz CT molecular complexity index is 914. The molecule has 174 valence electrons.